The van der Waals surface area contributed by atoms with Crippen molar-refractivity contribution in [3.63, 3.8) is 0 Å². The molecule has 2 N–H and O–H groups in total. The minimum Gasteiger partial charge on any atom is -0.324 e. The summed E-state index contributed by atoms with van der Waals surface area (Å²) in [6.07, 6.45) is 0. The maximum atomic E-state index is 11.8. The average molecular weight is 246 g/mol. The fourth-order valence-electron chi connectivity index (χ4n) is 0.797. The first kappa shape index (κ1) is 14.3. The van der Waals surface area contributed by atoms with Gasteiger partial charge in [-0.25, -0.2) is 0 Å². The van der Waals surface area contributed by atoms with E-state index in [1.165, 1.54) is 0 Å². The van der Waals surface area contributed by atoms with Crippen LogP contribution in [0.2, 0.25) is 0 Å². The molecule has 0 rings (SSSR count). The summed E-state index contributed by atoms with van der Waals surface area (Å²) in [4.78, 5) is 17.7. The van der Waals surface area contributed by atoms with Crippen molar-refractivity contribution in [3.05, 3.63) is 0 Å². The fraction of sp³-hybridized carbons (Fsp3) is 1.00. The first-order chi connectivity index (χ1) is 6.28. The lowest BCUT2D eigenvalue weighted by atomic mass is 10.9. The van der Waals surface area contributed by atoms with Gasteiger partial charge in [-0.2, -0.15) is 0 Å². The van der Waals surface area contributed by atoms with Crippen LogP contribution < -0.4 is 0 Å². The Hall–Kier alpha value is 0.300. The topological polar surface area (TPSA) is 93.1 Å². The second-order valence-corrected chi connectivity index (χ2v) is 7.33. The summed E-state index contributed by atoms with van der Waals surface area (Å²) in [6, 6.07) is 0. The normalized spacial score (nSPS) is 15.5. The molecular weight excluding hydrogens is 230 g/mol. The molecule has 0 aromatic heterocycles. The smallest absolute Gasteiger partial charge is 0.324 e. The molecule has 8 heteroatoms. The summed E-state index contributed by atoms with van der Waals surface area (Å²) in [7, 11) is -8.15. The molecule has 0 fully saturated rings. The van der Waals surface area contributed by atoms with Crippen LogP contribution in [-0.2, 0) is 18.2 Å². The molecule has 0 radical (unpaired) electrons. The Morgan fingerprint density at radius 3 is 1.71 bits per heavy atom. The maximum Gasteiger partial charge on any atom is 0.345 e. The summed E-state index contributed by atoms with van der Waals surface area (Å²) in [5, 5.41) is -1.42. The largest absolute Gasteiger partial charge is 0.345 e. The van der Waals surface area contributed by atoms with E-state index in [0.29, 0.717) is 0 Å². The van der Waals surface area contributed by atoms with E-state index >= 15 is 0 Å². The van der Waals surface area contributed by atoms with Crippen molar-refractivity contribution in [2.24, 2.45) is 0 Å². The molecular formula is C6H16O6P2. The molecule has 6 nitrogen and oxygen atoms in total. The predicted octanol–water partition coefficient (Wildman–Crippen LogP) is 1.78. The van der Waals surface area contributed by atoms with Crippen LogP contribution in [0.4, 0.5) is 0 Å². The Labute approximate surface area is 83.3 Å². The zero-order chi connectivity index (χ0) is 11.4. The van der Waals surface area contributed by atoms with E-state index < -0.39 is 20.6 Å². The van der Waals surface area contributed by atoms with E-state index in [1.807, 2.05) is 0 Å². The first-order valence-electron chi connectivity index (χ1n) is 4.22. The quantitative estimate of drug-likeness (QED) is 0.694. The predicted molar refractivity (Wildman–Crippen MR) is 52.4 cm³/mol. The molecule has 14 heavy (non-hydrogen) atoms. The van der Waals surface area contributed by atoms with Crippen LogP contribution in [-0.4, -0.2) is 28.4 Å². The second kappa shape index (κ2) is 5.40. The Morgan fingerprint density at radius 2 is 1.50 bits per heavy atom. The third-order valence-electron chi connectivity index (χ3n) is 1.56. The highest BCUT2D eigenvalue weighted by atomic mass is 31.2. The zero-order valence-corrected chi connectivity index (χ0v) is 10.2. The molecule has 0 aliphatic rings. The summed E-state index contributed by atoms with van der Waals surface area (Å²) in [5.74, 6) is 0. The lowest BCUT2D eigenvalue weighted by molar-refractivity contribution is 0.215. The van der Waals surface area contributed by atoms with Gasteiger partial charge in [0, 0.05) is 0 Å². The third-order valence-corrected chi connectivity index (χ3v) is 6.44. The highest BCUT2D eigenvalue weighted by Gasteiger charge is 2.43. The van der Waals surface area contributed by atoms with E-state index in [9.17, 15) is 9.13 Å². The molecule has 0 amide bonds. The van der Waals surface area contributed by atoms with Gasteiger partial charge in [0.05, 0.1) is 13.2 Å². The van der Waals surface area contributed by atoms with E-state index in [4.69, 9.17) is 18.8 Å². The van der Waals surface area contributed by atoms with E-state index in [1.54, 1.807) is 13.8 Å². The Morgan fingerprint density at radius 1 is 1.14 bits per heavy atom. The Bertz CT molecular complexity index is 249. The molecule has 0 aliphatic carbocycles. The number of rotatable bonds is 6. The van der Waals surface area contributed by atoms with Crippen LogP contribution >= 0.6 is 15.2 Å². The van der Waals surface area contributed by atoms with Gasteiger partial charge in [-0.3, -0.25) is 9.13 Å². The van der Waals surface area contributed by atoms with Gasteiger partial charge in [0.2, 0.25) is 0 Å². The summed E-state index contributed by atoms with van der Waals surface area (Å²) >= 11 is 0. The summed E-state index contributed by atoms with van der Waals surface area (Å²) in [6.45, 7) is 4.49. The van der Waals surface area contributed by atoms with Crippen LogP contribution in [0, 0.1) is 0 Å². The summed E-state index contributed by atoms with van der Waals surface area (Å²) in [5.41, 5.74) is 0. The Kier molecular flexibility index (Phi) is 5.52. The van der Waals surface area contributed by atoms with Gasteiger partial charge >= 0.3 is 15.2 Å². The van der Waals surface area contributed by atoms with Crippen molar-refractivity contribution >= 4 is 15.2 Å². The van der Waals surface area contributed by atoms with Crippen LogP contribution in [0.15, 0.2) is 0 Å². The van der Waals surface area contributed by atoms with Crippen LogP contribution in [0.3, 0.4) is 0 Å². The molecule has 0 spiro atoms. The summed E-state index contributed by atoms with van der Waals surface area (Å²) < 4.78 is 32.3. The van der Waals surface area contributed by atoms with Crippen molar-refractivity contribution in [1.29, 1.82) is 0 Å². The lowest BCUT2D eigenvalue weighted by Crippen LogP contribution is -2.10. The van der Waals surface area contributed by atoms with Crippen LogP contribution in [0.1, 0.15) is 20.8 Å². The minimum absolute atomic E-state index is 0.0849. The molecule has 0 aromatic rings. The van der Waals surface area contributed by atoms with Gasteiger partial charge in [-0.15, -0.1) is 0 Å². The van der Waals surface area contributed by atoms with Gasteiger partial charge < -0.3 is 18.8 Å². The van der Waals surface area contributed by atoms with Crippen molar-refractivity contribution in [3.8, 4) is 0 Å². The maximum absolute atomic E-state index is 11.8. The van der Waals surface area contributed by atoms with Gasteiger partial charge in [-0.05, 0) is 20.8 Å². The Balaban J connectivity index is 4.82. The van der Waals surface area contributed by atoms with E-state index in [2.05, 4.69) is 0 Å². The van der Waals surface area contributed by atoms with E-state index in [-0.39, 0.29) is 13.2 Å². The van der Waals surface area contributed by atoms with Gasteiger partial charge in [0.25, 0.3) is 0 Å². The number of hydrogen-bond acceptors (Lipinski definition) is 4. The zero-order valence-electron chi connectivity index (χ0n) is 8.41. The van der Waals surface area contributed by atoms with E-state index in [0.717, 1.165) is 6.92 Å². The standard InChI is InChI=1S/C6H16O6P2/c1-4-11-14(10,12-5-2)6(3)13(7,8)9/h6H,4-5H2,1-3H3,(H2,7,8,9). The molecule has 0 aromatic carbocycles. The molecule has 0 aliphatic heterocycles. The van der Waals surface area contributed by atoms with Gasteiger partial charge in [0.15, 0.2) is 5.40 Å². The van der Waals surface area contributed by atoms with Crippen molar-refractivity contribution < 1.29 is 28.0 Å². The monoisotopic (exact) mass is 246 g/mol. The molecule has 1 unspecified atom stereocenters. The van der Waals surface area contributed by atoms with Gasteiger partial charge in [-0.1, -0.05) is 0 Å². The van der Waals surface area contributed by atoms with Crippen molar-refractivity contribution in [1.82, 2.24) is 0 Å². The SMILES string of the molecule is CCOP(=O)(OCC)C(C)P(=O)(O)O. The van der Waals surface area contributed by atoms with Crippen LogP contribution in [0.25, 0.3) is 0 Å². The van der Waals surface area contributed by atoms with Crippen molar-refractivity contribution in [2.45, 2.75) is 26.2 Å². The van der Waals surface area contributed by atoms with Crippen molar-refractivity contribution in [2.75, 3.05) is 13.2 Å². The van der Waals surface area contributed by atoms with Gasteiger partial charge in [0.1, 0.15) is 0 Å². The number of hydrogen-bond donors (Lipinski definition) is 2. The molecule has 86 valence electrons. The molecule has 0 saturated carbocycles. The minimum atomic E-state index is -4.45. The first-order valence-corrected chi connectivity index (χ1v) is 7.51. The molecule has 0 bridgehead atoms. The lowest BCUT2D eigenvalue weighted by Gasteiger charge is -2.23. The molecule has 0 saturated heterocycles. The second-order valence-electron chi connectivity index (χ2n) is 2.60. The van der Waals surface area contributed by atoms with Crippen LogP contribution in [0.5, 0.6) is 0 Å². The fourth-order valence-corrected chi connectivity index (χ4v) is 3.90. The molecule has 1 atom stereocenters. The third kappa shape index (κ3) is 3.81. The highest BCUT2D eigenvalue weighted by molar-refractivity contribution is 7.71. The highest BCUT2D eigenvalue weighted by Crippen LogP contribution is 2.65. The molecule has 0 heterocycles. The average Bonchev–Trinajstić information content (AvgIpc) is 2.02.